The lowest BCUT2D eigenvalue weighted by Crippen LogP contribution is -2.23. The van der Waals surface area contributed by atoms with Crippen molar-refractivity contribution < 1.29 is 9.53 Å². The number of hydrogen-bond acceptors (Lipinski definition) is 3. The highest BCUT2D eigenvalue weighted by molar-refractivity contribution is 7.99. The third-order valence-electron chi connectivity index (χ3n) is 3.98. The zero-order valence-corrected chi connectivity index (χ0v) is 14.9. The highest BCUT2D eigenvalue weighted by Gasteiger charge is 2.18. The number of amides is 1. The highest BCUT2D eigenvalue weighted by Crippen LogP contribution is 2.27. The summed E-state index contributed by atoms with van der Waals surface area (Å²) >= 11 is 7.82. The molecule has 0 aliphatic carbocycles. The molecule has 5 heteroatoms. The number of carbonyl (C=O) groups excluding carboxylic acids is 1. The topological polar surface area (TPSA) is 38.3 Å². The maximum atomic E-state index is 12.5. The quantitative estimate of drug-likeness (QED) is 0.767. The van der Waals surface area contributed by atoms with Crippen LogP contribution in [0.15, 0.2) is 53.4 Å². The Kier molecular flexibility index (Phi) is 6.18. The molecule has 1 amide bonds. The first-order chi connectivity index (χ1) is 11.7. The van der Waals surface area contributed by atoms with Crippen LogP contribution >= 0.6 is 23.4 Å². The second kappa shape index (κ2) is 8.56. The van der Waals surface area contributed by atoms with Crippen molar-refractivity contribution in [3.63, 3.8) is 0 Å². The Morgan fingerprint density at radius 3 is 2.79 bits per heavy atom. The first kappa shape index (κ1) is 17.3. The molecule has 2 aromatic rings. The molecule has 3 nitrogen and oxygen atoms in total. The third kappa shape index (κ3) is 4.53. The van der Waals surface area contributed by atoms with Gasteiger partial charge in [0.2, 0.25) is 0 Å². The summed E-state index contributed by atoms with van der Waals surface area (Å²) in [6, 6.07) is 15.2. The number of benzene rings is 2. The Bertz CT molecular complexity index is 701. The van der Waals surface area contributed by atoms with Gasteiger partial charge in [-0.05, 0) is 36.6 Å². The molecule has 0 aromatic heterocycles. The summed E-state index contributed by atoms with van der Waals surface area (Å²) in [7, 11) is 0. The first-order valence-corrected chi connectivity index (χ1v) is 9.45. The second-order valence-electron chi connectivity index (χ2n) is 5.72. The smallest absolute Gasteiger partial charge is 0.252 e. The van der Waals surface area contributed by atoms with Gasteiger partial charge in [0.1, 0.15) is 0 Å². The van der Waals surface area contributed by atoms with Crippen LogP contribution in [0, 0.1) is 0 Å². The lowest BCUT2D eigenvalue weighted by atomic mass is 10.2. The van der Waals surface area contributed by atoms with Crippen molar-refractivity contribution in [2.45, 2.75) is 30.4 Å². The van der Waals surface area contributed by atoms with Crippen LogP contribution in [0.3, 0.4) is 0 Å². The van der Waals surface area contributed by atoms with E-state index in [2.05, 4.69) is 5.32 Å². The van der Waals surface area contributed by atoms with Crippen molar-refractivity contribution in [3.8, 4) is 0 Å². The fraction of sp³-hybridized carbons (Fsp3) is 0.316. The van der Waals surface area contributed by atoms with Crippen molar-refractivity contribution in [1.29, 1.82) is 0 Å². The van der Waals surface area contributed by atoms with Gasteiger partial charge in [0.05, 0.1) is 11.7 Å². The minimum atomic E-state index is -0.0784. The maximum absolute atomic E-state index is 12.5. The number of carbonyl (C=O) groups is 1. The van der Waals surface area contributed by atoms with Gasteiger partial charge in [-0.15, -0.1) is 11.8 Å². The summed E-state index contributed by atoms with van der Waals surface area (Å²) in [4.78, 5) is 13.5. The summed E-state index contributed by atoms with van der Waals surface area (Å²) in [6.07, 6.45) is 2.54. The van der Waals surface area contributed by atoms with Gasteiger partial charge in [0.15, 0.2) is 0 Å². The van der Waals surface area contributed by atoms with Crippen LogP contribution in [0.25, 0.3) is 0 Å². The number of nitrogens with one attached hydrogen (secondary N) is 1. The van der Waals surface area contributed by atoms with Crippen LogP contribution in [0.1, 0.15) is 28.8 Å². The first-order valence-electron chi connectivity index (χ1n) is 8.09. The van der Waals surface area contributed by atoms with E-state index in [0.29, 0.717) is 23.2 Å². The molecular formula is C19H20ClNO2S. The number of halogens is 1. The minimum Gasteiger partial charge on any atom is -0.377 e. The van der Waals surface area contributed by atoms with Crippen molar-refractivity contribution in [3.05, 3.63) is 64.7 Å². The molecule has 1 aliphatic rings. The van der Waals surface area contributed by atoms with Gasteiger partial charge in [0.25, 0.3) is 5.91 Å². The van der Waals surface area contributed by atoms with Gasteiger partial charge in [-0.25, -0.2) is 0 Å². The van der Waals surface area contributed by atoms with E-state index in [9.17, 15) is 4.79 Å². The Balaban J connectivity index is 1.62. The van der Waals surface area contributed by atoms with Gasteiger partial charge in [-0.3, -0.25) is 4.79 Å². The standard InChI is InChI=1S/C19H20ClNO2S/c20-17-9-3-1-6-14(17)12-21-19(22)16-8-2-4-10-18(16)24-13-15-7-5-11-23-15/h1-4,6,8-10,15H,5,7,11-13H2,(H,21,22). The SMILES string of the molecule is O=C(NCc1ccccc1Cl)c1ccccc1SCC1CCCO1. The lowest BCUT2D eigenvalue weighted by Gasteiger charge is -2.12. The average Bonchev–Trinajstić information content (AvgIpc) is 3.13. The van der Waals surface area contributed by atoms with Crippen LogP contribution in [-0.4, -0.2) is 24.4 Å². The molecule has 126 valence electrons. The highest BCUT2D eigenvalue weighted by atomic mass is 35.5. The molecule has 3 rings (SSSR count). The van der Waals surface area contributed by atoms with Crippen molar-refractivity contribution in [2.75, 3.05) is 12.4 Å². The number of ether oxygens (including phenoxy) is 1. The minimum absolute atomic E-state index is 0.0784. The van der Waals surface area contributed by atoms with E-state index in [1.165, 1.54) is 0 Å². The number of hydrogen-bond donors (Lipinski definition) is 1. The van der Waals surface area contributed by atoms with E-state index >= 15 is 0 Å². The summed E-state index contributed by atoms with van der Waals surface area (Å²) in [6.45, 7) is 1.27. The van der Waals surface area contributed by atoms with Crippen LogP contribution in [0.2, 0.25) is 5.02 Å². The van der Waals surface area contributed by atoms with Gasteiger partial charge in [-0.1, -0.05) is 41.9 Å². The second-order valence-corrected chi connectivity index (χ2v) is 7.19. The lowest BCUT2D eigenvalue weighted by molar-refractivity contribution is 0.0948. The maximum Gasteiger partial charge on any atom is 0.252 e. The summed E-state index contributed by atoms with van der Waals surface area (Å²) < 4.78 is 5.66. The number of thioether (sulfide) groups is 1. The van der Waals surface area contributed by atoms with E-state index in [1.54, 1.807) is 11.8 Å². The molecule has 1 fully saturated rings. The monoisotopic (exact) mass is 361 g/mol. The number of rotatable bonds is 6. The Labute approximate surface area is 151 Å². The van der Waals surface area contributed by atoms with Crippen LogP contribution in [-0.2, 0) is 11.3 Å². The zero-order chi connectivity index (χ0) is 16.8. The molecule has 1 saturated heterocycles. The predicted molar refractivity (Wildman–Crippen MR) is 98.8 cm³/mol. The summed E-state index contributed by atoms with van der Waals surface area (Å²) in [5.41, 5.74) is 1.62. The fourth-order valence-corrected chi connectivity index (χ4v) is 3.97. The molecule has 1 atom stereocenters. The van der Waals surface area contributed by atoms with E-state index in [1.807, 2.05) is 48.5 Å². The van der Waals surface area contributed by atoms with E-state index in [-0.39, 0.29) is 5.91 Å². The van der Waals surface area contributed by atoms with Crippen LogP contribution in [0.4, 0.5) is 0 Å². The largest absolute Gasteiger partial charge is 0.377 e. The van der Waals surface area contributed by atoms with E-state index < -0.39 is 0 Å². The molecule has 0 bridgehead atoms. The van der Waals surface area contributed by atoms with Crippen molar-refractivity contribution >= 4 is 29.3 Å². The third-order valence-corrected chi connectivity index (χ3v) is 5.55. The predicted octanol–water partition coefficient (Wildman–Crippen LogP) is 4.54. The van der Waals surface area contributed by atoms with Crippen molar-refractivity contribution in [2.24, 2.45) is 0 Å². The Morgan fingerprint density at radius 1 is 1.21 bits per heavy atom. The van der Waals surface area contributed by atoms with Crippen LogP contribution < -0.4 is 5.32 Å². The Hall–Kier alpha value is -1.49. The molecule has 1 aliphatic heterocycles. The van der Waals surface area contributed by atoms with Gasteiger partial charge in [0, 0.05) is 28.8 Å². The molecule has 2 aromatic carbocycles. The van der Waals surface area contributed by atoms with E-state index in [4.69, 9.17) is 16.3 Å². The van der Waals surface area contributed by atoms with Crippen LogP contribution in [0.5, 0.6) is 0 Å². The van der Waals surface area contributed by atoms with Gasteiger partial charge < -0.3 is 10.1 Å². The van der Waals surface area contributed by atoms with Gasteiger partial charge >= 0.3 is 0 Å². The zero-order valence-electron chi connectivity index (χ0n) is 13.3. The molecule has 24 heavy (non-hydrogen) atoms. The van der Waals surface area contributed by atoms with Crippen molar-refractivity contribution in [1.82, 2.24) is 5.32 Å². The summed E-state index contributed by atoms with van der Waals surface area (Å²) in [5.74, 6) is 0.805. The van der Waals surface area contributed by atoms with E-state index in [0.717, 1.165) is 35.7 Å². The average molecular weight is 362 g/mol. The molecule has 1 unspecified atom stereocenters. The molecule has 1 heterocycles. The molecular weight excluding hydrogens is 342 g/mol. The normalized spacial score (nSPS) is 17.0. The molecule has 0 spiro atoms. The molecule has 0 saturated carbocycles. The molecule has 0 radical (unpaired) electrons. The fourth-order valence-electron chi connectivity index (χ4n) is 2.65. The Morgan fingerprint density at radius 2 is 2.00 bits per heavy atom. The van der Waals surface area contributed by atoms with Gasteiger partial charge in [-0.2, -0.15) is 0 Å². The molecule has 1 N–H and O–H groups in total. The summed E-state index contributed by atoms with van der Waals surface area (Å²) in [5, 5.41) is 3.62.